The first kappa shape index (κ1) is 16.6. The highest BCUT2D eigenvalue weighted by molar-refractivity contribution is 5.75. The molecule has 25 heavy (non-hydrogen) atoms. The van der Waals surface area contributed by atoms with E-state index in [1.54, 1.807) is 17.8 Å². The maximum absolute atomic E-state index is 11.9. The molecule has 0 aliphatic carbocycles. The molecule has 130 valence electrons. The van der Waals surface area contributed by atoms with Crippen LogP contribution in [0.2, 0.25) is 0 Å². The summed E-state index contributed by atoms with van der Waals surface area (Å²) < 4.78 is 8.08. The van der Waals surface area contributed by atoms with Crippen molar-refractivity contribution in [1.82, 2.24) is 34.8 Å². The van der Waals surface area contributed by atoms with Crippen LogP contribution in [0.1, 0.15) is 18.5 Å². The average molecular weight is 343 g/mol. The largest absolute Gasteiger partial charge is 0.345 e. The molecule has 0 fully saturated rings. The Kier molecular flexibility index (Phi) is 4.68. The fourth-order valence-corrected chi connectivity index (χ4v) is 2.12. The quantitative estimate of drug-likeness (QED) is 0.675. The van der Waals surface area contributed by atoms with E-state index in [0.717, 1.165) is 12.1 Å². The number of amides is 1. The molecule has 0 saturated carbocycles. The van der Waals surface area contributed by atoms with Crippen molar-refractivity contribution in [3.05, 3.63) is 46.7 Å². The maximum Gasteiger partial charge on any atom is 0.253 e. The van der Waals surface area contributed by atoms with Gasteiger partial charge < -0.3 is 9.84 Å². The minimum atomic E-state index is -0.355. The zero-order valence-electron chi connectivity index (χ0n) is 13.8. The summed E-state index contributed by atoms with van der Waals surface area (Å²) in [5.41, 5.74) is 1.06. The predicted octanol–water partition coefficient (Wildman–Crippen LogP) is 0.135. The summed E-state index contributed by atoms with van der Waals surface area (Å²) in [6.07, 6.45) is 4.80. The van der Waals surface area contributed by atoms with Crippen LogP contribution in [0.4, 0.5) is 0 Å². The number of rotatable bonds is 6. The minimum Gasteiger partial charge on any atom is -0.345 e. The monoisotopic (exact) mass is 343 g/mol. The van der Waals surface area contributed by atoms with Crippen LogP contribution >= 0.6 is 0 Å². The van der Waals surface area contributed by atoms with Crippen LogP contribution in [0, 0.1) is 6.92 Å². The van der Waals surface area contributed by atoms with Crippen molar-refractivity contribution in [1.29, 1.82) is 0 Å². The first-order valence-electron chi connectivity index (χ1n) is 7.70. The van der Waals surface area contributed by atoms with Gasteiger partial charge in [0.05, 0.1) is 24.6 Å². The summed E-state index contributed by atoms with van der Waals surface area (Å²) in [6.45, 7) is 4.37. The Morgan fingerprint density at radius 3 is 2.96 bits per heavy atom. The Morgan fingerprint density at radius 1 is 1.40 bits per heavy atom. The standard InChI is InChI=1S/C15H17N7O3/c1-3-22-7-11(5-18-22)15-19-13(25-20-15)6-16-12(23)8-21-9-17-10(2)4-14(21)24/h4-5,7,9H,3,6,8H2,1-2H3,(H,16,23). The molecule has 0 bridgehead atoms. The van der Waals surface area contributed by atoms with Crippen LogP contribution in [-0.2, 0) is 24.4 Å². The first-order chi connectivity index (χ1) is 12.0. The third kappa shape index (κ3) is 3.97. The van der Waals surface area contributed by atoms with E-state index in [2.05, 4.69) is 25.5 Å². The van der Waals surface area contributed by atoms with Crippen LogP contribution in [-0.4, -0.2) is 35.4 Å². The zero-order valence-corrected chi connectivity index (χ0v) is 13.8. The summed E-state index contributed by atoms with van der Waals surface area (Å²) in [6, 6.07) is 1.37. The number of aryl methyl sites for hydroxylation is 2. The van der Waals surface area contributed by atoms with Gasteiger partial charge in [-0.05, 0) is 13.8 Å². The highest BCUT2D eigenvalue weighted by Gasteiger charge is 2.12. The van der Waals surface area contributed by atoms with Gasteiger partial charge in [-0.3, -0.25) is 18.8 Å². The number of hydrogen-bond acceptors (Lipinski definition) is 7. The molecule has 1 N–H and O–H groups in total. The summed E-state index contributed by atoms with van der Waals surface area (Å²) in [5.74, 6) is 0.316. The van der Waals surface area contributed by atoms with Gasteiger partial charge in [0, 0.05) is 24.5 Å². The van der Waals surface area contributed by atoms with Crippen molar-refractivity contribution in [2.24, 2.45) is 0 Å². The van der Waals surface area contributed by atoms with E-state index < -0.39 is 0 Å². The molecule has 0 atom stereocenters. The van der Waals surface area contributed by atoms with Gasteiger partial charge in [-0.2, -0.15) is 10.1 Å². The Hall–Kier alpha value is -3.30. The number of aromatic nitrogens is 6. The fraction of sp³-hybridized carbons (Fsp3) is 0.333. The second kappa shape index (κ2) is 7.07. The lowest BCUT2D eigenvalue weighted by Gasteiger charge is -2.05. The van der Waals surface area contributed by atoms with Crippen molar-refractivity contribution in [2.75, 3.05) is 0 Å². The van der Waals surface area contributed by atoms with E-state index in [1.807, 2.05) is 13.1 Å². The van der Waals surface area contributed by atoms with Gasteiger partial charge in [0.15, 0.2) is 0 Å². The molecule has 0 unspecified atom stereocenters. The lowest BCUT2D eigenvalue weighted by Crippen LogP contribution is -2.32. The Labute approximate surface area is 142 Å². The van der Waals surface area contributed by atoms with Crippen LogP contribution in [0.25, 0.3) is 11.4 Å². The topological polar surface area (TPSA) is 121 Å². The van der Waals surface area contributed by atoms with Crippen molar-refractivity contribution in [3.63, 3.8) is 0 Å². The van der Waals surface area contributed by atoms with Gasteiger partial charge in [0.2, 0.25) is 17.6 Å². The summed E-state index contributed by atoms with van der Waals surface area (Å²) in [4.78, 5) is 31.9. The molecule has 10 heteroatoms. The van der Waals surface area contributed by atoms with E-state index in [4.69, 9.17) is 4.52 Å². The molecule has 0 aliphatic rings. The van der Waals surface area contributed by atoms with Crippen molar-refractivity contribution >= 4 is 5.91 Å². The van der Waals surface area contributed by atoms with Crippen LogP contribution in [0.5, 0.6) is 0 Å². The smallest absolute Gasteiger partial charge is 0.253 e. The van der Waals surface area contributed by atoms with E-state index >= 15 is 0 Å². The van der Waals surface area contributed by atoms with E-state index in [9.17, 15) is 9.59 Å². The number of carbonyl (C=O) groups is 1. The third-order valence-electron chi connectivity index (χ3n) is 3.45. The lowest BCUT2D eigenvalue weighted by atomic mass is 10.3. The van der Waals surface area contributed by atoms with Gasteiger partial charge in [0.25, 0.3) is 5.56 Å². The van der Waals surface area contributed by atoms with Crippen LogP contribution in [0.3, 0.4) is 0 Å². The number of hydrogen-bond donors (Lipinski definition) is 1. The van der Waals surface area contributed by atoms with Gasteiger partial charge in [-0.15, -0.1) is 0 Å². The molecule has 0 spiro atoms. The van der Waals surface area contributed by atoms with Crippen molar-refractivity contribution in [2.45, 2.75) is 33.5 Å². The number of nitrogens with zero attached hydrogens (tertiary/aromatic N) is 6. The SMILES string of the molecule is CCn1cc(-c2noc(CNC(=O)Cn3cnc(C)cc3=O)n2)cn1. The second-order valence-electron chi connectivity index (χ2n) is 5.37. The highest BCUT2D eigenvalue weighted by Crippen LogP contribution is 2.14. The molecule has 0 aliphatic heterocycles. The minimum absolute atomic E-state index is 0.0712. The maximum atomic E-state index is 11.9. The highest BCUT2D eigenvalue weighted by atomic mass is 16.5. The van der Waals surface area contributed by atoms with Crippen molar-refractivity contribution in [3.8, 4) is 11.4 Å². The molecular weight excluding hydrogens is 326 g/mol. The lowest BCUT2D eigenvalue weighted by molar-refractivity contribution is -0.122. The molecular formula is C15H17N7O3. The molecule has 3 heterocycles. The Bertz CT molecular complexity index is 941. The van der Waals surface area contributed by atoms with E-state index in [1.165, 1.54) is 17.0 Å². The average Bonchev–Trinajstić information content (AvgIpc) is 3.24. The molecule has 0 saturated heterocycles. The third-order valence-corrected chi connectivity index (χ3v) is 3.45. The molecule has 3 aromatic heterocycles. The molecule has 3 aromatic rings. The Balaban J connectivity index is 1.58. The molecule has 1 amide bonds. The van der Waals surface area contributed by atoms with Gasteiger partial charge >= 0.3 is 0 Å². The van der Waals surface area contributed by atoms with Crippen LogP contribution in [0.15, 0.2) is 34.1 Å². The van der Waals surface area contributed by atoms with E-state index in [0.29, 0.717) is 11.5 Å². The number of nitrogens with one attached hydrogen (secondary N) is 1. The molecule has 0 radical (unpaired) electrons. The summed E-state index contributed by atoms with van der Waals surface area (Å²) >= 11 is 0. The summed E-state index contributed by atoms with van der Waals surface area (Å²) in [7, 11) is 0. The van der Waals surface area contributed by atoms with E-state index in [-0.39, 0.29) is 30.4 Å². The van der Waals surface area contributed by atoms with Gasteiger partial charge in [-0.25, -0.2) is 4.98 Å². The van der Waals surface area contributed by atoms with Crippen molar-refractivity contribution < 1.29 is 9.32 Å². The number of carbonyl (C=O) groups excluding carboxylic acids is 1. The normalized spacial score (nSPS) is 10.8. The molecule has 3 rings (SSSR count). The van der Waals surface area contributed by atoms with Crippen LogP contribution < -0.4 is 10.9 Å². The molecule has 0 aromatic carbocycles. The first-order valence-corrected chi connectivity index (χ1v) is 7.70. The predicted molar refractivity (Wildman–Crippen MR) is 86.3 cm³/mol. The Morgan fingerprint density at radius 2 is 2.24 bits per heavy atom. The fourth-order valence-electron chi connectivity index (χ4n) is 2.12. The zero-order chi connectivity index (χ0) is 17.8. The molecule has 10 nitrogen and oxygen atoms in total. The van der Waals surface area contributed by atoms with Gasteiger partial charge in [-0.1, -0.05) is 5.16 Å². The van der Waals surface area contributed by atoms with Gasteiger partial charge in [0.1, 0.15) is 6.54 Å². The summed E-state index contributed by atoms with van der Waals surface area (Å²) in [5, 5.41) is 10.6. The second-order valence-corrected chi connectivity index (χ2v) is 5.37.